The quantitative estimate of drug-likeness (QED) is 0.680. The number of aryl methyl sites for hydroxylation is 1. The summed E-state index contributed by atoms with van der Waals surface area (Å²) in [7, 11) is 1.32. The molecule has 0 unspecified atom stereocenters. The fourth-order valence-corrected chi connectivity index (χ4v) is 2.31. The largest absolute Gasteiger partial charge is 0.465 e. The molecule has 0 aliphatic heterocycles. The lowest BCUT2D eigenvalue weighted by Crippen LogP contribution is -2.04. The van der Waals surface area contributed by atoms with E-state index in [2.05, 4.69) is 15.2 Å². The first-order valence-corrected chi connectivity index (χ1v) is 6.54. The zero-order chi connectivity index (χ0) is 15.0. The lowest BCUT2D eigenvalue weighted by Gasteiger charge is -2.05. The minimum absolute atomic E-state index is 0.324. The third-order valence-electron chi connectivity index (χ3n) is 3.10. The van der Waals surface area contributed by atoms with Crippen LogP contribution in [0, 0.1) is 6.92 Å². The Morgan fingerprint density at radius 3 is 2.90 bits per heavy atom. The molecular formula is C14H11ClN4O2. The van der Waals surface area contributed by atoms with E-state index in [-0.39, 0.29) is 0 Å². The van der Waals surface area contributed by atoms with Crippen molar-refractivity contribution in [2.45, 2.75) is 6.92 Å². The number of ether oxygens (including phenoxy) is 1. The van der Waals surface area contributed by atoms with Gasteiger partial charge in [-0.1, -0.05) is 17.7 Å². The van der Waals surface area contributed by atoms with Gasteiger partial charge in [-0.25, -0.2) is 4.79 Å². The molecule has 0 aliphatic carbocycles. The fourth-order valence-electron chi connectivity index (χ4n) is 2.06. The van der Waals surface area contributed by atoms with Crippen molar-refractivity contribution in [1.82, 2.24) is 19.6 Å². The summed E-state index contributed by atoms with van der Waals surface area (Å²) in [5.74, 6) is 0.0481. The van der Waals surface area contributed by atoms with Crippen LogP contribution in [0.15, 0.2) is 30.6 Å². The van der Waals surface area contributed by atoms with Gasteiger partial charge >= 0.3 is 5.97 Å². The number of halogens is 1. The number of hydrogen-bond acceptors (Lipinski definition) is 5. The summed E-state index contributed by atoms with van der Waals surface area (Å²) in [6, 6.07) is 5.27. The topological polar surface area (TPSA) is 69.4 Å². The van der Waals surface area contributed by atoms with Gasteiger partial charge < -0.3 is 4.74 Å². The predicted molar refractivity (Wildman–Crippen MR) is 77.3 cm³/mol. The van der Waals surface area contributed by atoms with E-state index < -0.39 is 5.97 Å². The van der Waals surface area contributed by atoms with Crippen LogP contribution in [-0.2, 0) is 4.74 Å². The SMILES string of the molecule is COC(=O)c1cc(Cl)c2nnc(-c3ncccc3C)n2c1. The zero-order valence-electron chi connectivity index (χ0n) is 11.4. The molecule has 7 heteroatoms. The van der Waals surface area contributed by atoms with Crippen molar-refractivity contribution in [2.75, 3.05) is 7.11 Å². The van der Waals surface area contributed by atoms with E-state index in [9.17, 15) is 4.79 Å². The highest BCUT2D eigenvalue weighted by atomic mass is 35.5. The number of fused-ring (bicyclic) bond motifs is 1. The third-order valence-corrected chi connectivity index (χ3v) is 3.38. The maximum Gasteiger partial charge on any atom is 0.339 e. The Morgan fingerprint density at radius 1 is 1.38 bits per heavy atom. The van der Waals surface area contributed by atoms with E-state index in [1.54, 1.807) is 16.8 Å². The molecule has 0 aromatic carbocycles. The van der Waals surface area contributed by atoms with E-state index in [1.165, 1.54) is 13.2 Å². The number of methoxy groups -OCH3 is 1. The molecule has 6 nitrogen and oxygen atoms in total. The lowest BCUT2D eigenvalue weighted by molar-refractivity contribution is 0.0600. The molecule has 106 valence electrons. The molecule has 21 heavy (non-hydrogen) atoms. The van der Waals surface area contributed by atoms with Crippen molar-refractivity contribution in [3.63, 3.8) is 0 Å². The van der Waals surface area contributed by atoms with Gasteiger partial charge in [-0.15, -0.1) is 10.2 Å². The molecule has 0 spiro atoms. The van der Waals surface area contributed by atoms with Crippen LogP contribution in [0.3, 0.4) is 0 Å². The van der Waals surface area contributed by atoms with Crippen LogP contribution >= 0.6 is 11.6 Å². The van der Waals surface area contributed by atoms with E-state index in [0.717, 1.165) is 5.56 Å². The Kier molecular flexibility index (Phi) is 3.31. The van der Waals surface area contributed by atoms with Gasteiger partial charge in [0.15, 0.2) is 11.5 Å². The normalized spacial score (nSPS) is 10.8. The Labute approximate surface area is 125 Å². The molecule has 0 saturated heterocycles. The average molecular weight is 303 g/mol. The van der Waals surface area contributed by atoms with Crippen molar-refractivity contribution in [2.24, 2.45) is 0 Å². The van der Waals surface area contributed by atoms with Gasteiger partial charge in [-0.2, -0.15) is 0 Å². The second kappa shape index (κ2) is 5.14. The second-order valence-corrected chi connectivity index (χ2v) is 4.86. The van der Waals surface area contributed by atoms with Crippen LogP contribution in [-0.4, -0.2) is 32.7 Å². The molecule has 3 aromatic rings. The van der Waals surface area contributed by atoms with Crippen LogP contribution in [0.2, 0.25) is 5.02 Å². The number of aromatic nitrogens is 4. The van der Waals surface area contributed by atoms with Gasteiger partial charge in [0.25, 0.3) is 0 Å². The molecule has 0 saturated carbocycles. The Morgan fingerprint density at radius 2 is 2.19 bits per heavy atom. The smallest absolute Gasteiger partial charge is 0.339 e. The summed E-state index contributed by atoms with van der Waals surface area (Å²) < 4.78 is 6.36. The number of rotatable bonds is 2. The summed E-state index contributed by atoms with van der Waals surface area (Å²) in [5, 5.41) is 8.50. The molecule has 0 aliphatic rings. The first kappa shape index (κ1) is 13.5. The zero-order valence-corrected chi connectivity index (χ0v) is 12.1. The number of carbonyl (C=O) groups is 1. The van der Waals surface area contributed by atoms with Crippen LogP contribution in [0.1, 0.15) is 15.9 Å². The number of nitrogens with zero attached hydrogens (tertiary/aromatic N) is 4. The second-order valence-electron chi connectivity index (χ2n) is 4.45. The maximum atomic E-state index is 11.7. The molecule has 0 N–H and O–H groups in total. The van der Waals surface area contributed by atoms with Gasteiger partial charge in [0.1, 0.15) is 5.69 Å². The molecule has 0 radical (unpaired) electrons. The first-order valence-electron chi connectivity index (χ1n) is 6.16. The van der Waals surface area contributed by atoms with E-state index in [1.807, 2.05) is 19.1 Å². The van der Waals surface area contributed by atoms with Crippen LogP contribution in [0.25, 0.3) is 17.2 Å². The summed E-state index contributed by atoms with van der Waals surface area (Å²) in [4.78, 5) is 16.0. The lowest BCUT2D eigenvalue weighted by atomic mass is 10.2. The Balaban J connectivity index is 2.28. The van der Waals surface area contributed by atoms with Crippen molar-refractivity contribution in [1.29, 1.82) is 0 Å². The third kappa shape index (κ3) is 2.23. The van der Waals surface area contributed by atoms with Gasteiger partial charge in [-0.3, -0.25) is 9.38 Å². The highest BCUT2D eigenvalue weighted by molar-refractivity contribution is 6.33. The molecule has 0 bridgehead atoms. The van der Waals surface area contributed by atoms with E-state index in [4.69, 9.17) is 16.3 Å². The van der Waals surface area contributed by atoms with E-state index >= 15 is 0 Å². The van der Waals surface area contributed by atoms with Gasteiger partial charge in [0, 0.05) is 12.4 Å². The van der Waals surface area contributed by atoms with Crippen LogP contribution < -0.4 is 0 Å². The van der Waals surface area contributed by atoms with Crippen molar-refractivity contribution in [3.05, 3.63) is 46.7 Å². The number of carbonyl (C=O) groups excluding carboxylic acids is 1. The van der Waals surface area contributed by atoms with Crippen LogP contribution in [0.4, 0.5) is 0 Å². The molecule has 0 atom stereocenters. The highest BCUT2D eigenvalue weighted by Gasteiger charge is 2.17. The summed E-state index contributed by atoms with van der Waals surface area (Å²) >= 11 is 6.15. The monoisotopic (exact) mass is 302 g/mol. The standard InChI is InChI=1S/C14H11ClN4O2/c1-8-4-3-5-16-11(8)13-18-17-12-10(15)6-9(7-19(12)13)14(20)21-2/h3-7H,1-2H3. The number of esters is 1. The van der Waals surface area contributed by atoms with Gasteiger partial charge in [-0.05, 0) is 24.6 Å². The van der Waals surface area contributed by atoms with Crippen molar-refractivity contribution >= 4 is 23.2 Å². The minimum atomic E-state index is -0.476. The molecule has 3 heterocycles. The molecule has 0 amide bonds. The fraction of sp³-hybridized carbons (Fsp3) is 0.143. The number of hydrogen-bond donors (Lipinski definition) is 0. The highest BCUT2D eigenvalue weighted by Crippen LogP contribution is 2.24. The first-order chi connectivity index (χ1) is 10.1. The molecular weight excluding hydrogens is 292 g/mol. The van der Waals surface area contributed by atoms with Crippen molar-refractivity contribution in [3.8, 4) is 11.5 Å². The summed E-state index contributed by atoms with van der Waals surface area (Å²) in [6.07, 6.45) is 3.27. The average Bonchev–Trinajstić information content (AvgIpc) is 2.91. The molecule has 3 aromatic heterocycles. The Hall–Kier alpha value is -2.47. The van der Waals surface area contributed by atoms with E-state index in [0.29, 0.717) is 27.8 Å². The summed E-state index contributed by atoms with van der Waals surface area (Å²) in [6.45, 7) is 1.93. The minimum Gasteiger partial charge on any atom is -0.465 e. The van der Waals surface area contributed by atoms with Gasteiger partial charge in [0.2, 0.25) is 0 Å². The maximum absolute atomic E-state index is 11.7. The predicted octanol–water partition coefficient (Wildman–Crippen LogP) is 2.54. The summed E-state index contributed by atoms with van der Waals surface area (Å²) in [5.41, 5.74) is 2.42. The number of pyridine rings is 2. The van der Waals surface area contributed by atoms with Gasteiger partial charge in [0.05, 0.1) is 17.7 Å². The Bertz CT molecular complexity index is 844. The molecule has 0 fully saturated rings. The molecule has 3 rings (SSSR count). The van der Waals surface area contributed by atoms with Crippen LogP contribution in [0.5, 0.6) is 0 Å². The van der Waals surface area contributed by atoms with Crippen molar-refractivity contribution < 1.29 is 9.53 Å².